The summed E-state index contributed by atoms with van der Waals surface area (Å²) in [5.74, 6) is 0.254. The second-order valence-corrected chi connectivity index (χ2v) is 10.8. The summed E-state index contributed by atoms with van der Waals surface area (Å²) in [5, 5.41) is 20.1. The maximum absolute atomic E-state index is 12.5. The van der Waals surface area contributed by atoms with E-state index in [4.69, 9.17) is 0 Å². The van der Waals surface area contributed by atoms with Gasteiger partial charge in [0.2, 0.25) is 5.88 Å². The zero-order chi connectivity index (χ0) is 25.5. The molecule has 1 saturated heterocycles. The van der Waals surface area contributed by atoms with Gasteiger partial charge >= 0.3 is 0 Å². The standard InChI is InChI=1S/C28H26BrN5O3/c29-21-9-10-24-22(13-21)27(31-30-25(35)12-18-5-2-1-3-6-18)28(37)34(24)17-32-14-19-11-20(16-32)23-7-4-8-26(36)33(23)15-19/h1-10,13,19-20,37H,11-12,14-17H2/t19-,20+/m0/s1. The number of rotatable bonds is 5. The molecule has 2 atom stereocenters. The molecule has 2 bridgehead atoms. The van der Waals surface area contributed by atoms with Gasteiger partial charge in [-0.15, -0.1) is 10.2 Å². The second kappa shape index (κ2) is 9.72. The Morgan fingerprint density at radius 3 is 2.70 bits per heavy atom. The summed E-state index contributed by atoms with van der Waals surface area (Å²) >= 11 is 3.51. The van der Waals surface area contributed by atoms with Crippen LogP contribution in [0.15, 0.2) is 86.2 Å². The summed E-state index contributed by atoms with van der Waals surface area (Å²) in [7, 11) is 0. The lowest BCUT2D eigenvalue weighted by Gasteiger charge is -2.42. The fourth-order valence-electron chi connectivity index (χ4n) is 5.76. The lowest BCUT2D eigenvalue weighted by molar-refractivity contribution is -0.117. The Bertz CT molecular complexity index is 1580. The highest BCUT2D eigenvalue weighted by atomic mass is 79.9. The number of carbonyl (C=O) groups excluding carboxylic acids is 1. The zero-order valence-electron chi connectivity index (χ0n) is 20.1. The molecule has 1 N–H and O–H groups in total. The number of piperidine rings is 1. The number of azo groups is 1. The molecule has 0 aliphatic carbocycles. The number of carbonyl (C=O) groups is 1. The number of amides is 1. The van der Waals surface area contributed by atoms with Gasteiger partial charge in [0, 0.05) is 47.2 Å². The van der Waals surface area contributed by atoms with Crippen molar-refractivity contribution in [3.05, 3.63) is 92.8 Å². The number of benzene rings is 2. The van der Waals surface area contributed by atoms with E-state index < -0.39 is 0 Å². The molecule has 0 radical (unpaired) electrons. The molecule has 9 heteroatoms. The smallest absolute Gasteiger partial charge is 0.269 e. The van der Waals surface area contributed by atoms with Crippen LogP contribution in [0.5, 0.6) is 5.88 Å². The number of pyridine rings is 1. The molecule has 2 aliphatic heterocycles. The molecule has 2 aliphatic rings. The third-order valence-electron chi connectivity index (χ3n) is 7.33. The first-order valence-electron chi connectivity index (χ1n) is 12.4. The van der Waals surface area contributed by atoms with Crippen LogP contribution in [0, 0.1) is 5.92 Å². The predicted octanol–water partition coefficient (Wildman–Crippen LogP) is 5.20. The van der Waals surface area contributed by atoms with Crippen molar-refractivity contribution in [2.75, 3.05) is 13.1 Å². The van der Waals surface area contributed by atoms with Gasteiger partial charge in [-0.2, -0.15) is 0 Å². The van der Waals surface area contributed by atoms with Crippen LogP contribution in [0.2, 0.25) is 0 Å². The molecule has 188 valence electrons. The van der Waals surface area contributed by atoms with Crippen molar-refractivity contribution in [1.29, 1.82) is 0 Å². The first-order chi connectivity index (χ1) is 18.0. The topological polar surface area (TPSA) is 92.2 Å². The third-order valence-corrected chi connectivity index (χ3v) is 7.82. The van der Waals surface area contributed by atoms with Crippen LogP contribution < -0.4 is 5.56 Å². The Kier molecular flexibility index (Phi) is 6.26. The Hall–Kier alpha value is -3.56. The predicted molar refractivity (Wildman–Crippen MR) is 144 cm³/mol. The van der Waals surface area contributed by atoms with Crippen LogP contribution in [-0.2, 0) is 24.4 Å². The van der Waals surface area contributed by atoms with Crippen LogP contribution in [-0.4, -0.2) is 38.1 Å². The first-order valence-corrected chi connectivity index (χ1v) is 13.2. The highest BCUT2D eigenvalue weighted by molar-refractivity contribution is 9.10. The molecule has 4 aromatic rings. The second-order valence-electron chi connectivity index (χ2n) is 9.89. The van der Waals surface area contributed by atoms with Gasteiger partial charge in [-0.25, -0.2) is 0 Å². The Balaban J connectivity index is 1.28. The van der Waals surface area contributed by atoms with E-state index in [1.54, 1.807) is 6.07 Å². The van der Waals surface area contributed by atoms with E-state index in [9.17, 15) is 14.7 Å². The number of nitrogens with zero attached hydrogens (tertiary/aromatic N) is 5. The van der Waals surface area contributed by atoms with Crippen LogP contribution >= 0.6 is 15.9 Å². The van der Waals surface area contributed by atoms with E-state index in [0.717, 1.165) is 52.7 Å². The molecule has 37 heavy (non-hydrogen) atoms. The lowest BCUT2D eigenvalue weighted by atomic mass is 9.83. The van der Waals surface area contributed by atoms with Gasteiger partial charge in [0.1, 0.15) is 0 Å². The minimum atomic E-state index is -0.376. The van der Waals surface area contributed by atoms with Gasteiger partial charge in [-0.3, -0.25) is 19.1 Å². The maximum Gasteiger partial charge on any atom is 0.269 e. The number of hydrogen-bond donors (Lipinski definition) is 1. The molecule has 0 spiro atoms. The van der Waals surface area contributed by atoms with Crippen molar-refractivity contribution in [2.24, 2.45) is 16.1 Å². The maximum atomic E-state index is 12.5. The molecule has 0 unspecified atom stereocenters. The molecule has 2 aromatic heterocycles. The molecular weight excluding hydrogens is 534 g/mol. The molecule has 6 rings (SSSR count). The first kappa shape index (κ1) is 23.8. The van der Waals surface area contributed by atoms with Crippen LogP contribution in [0.1, 0.15) is 23.6 Å². The number of aromatic hydroxyl groups is 1. The van der Waals surface area contributed by atoms with Crippen LogP contribution in [0.25, 0.3) is 10.9 Å². The Morgan fingerprint density at radius 2 is 1.86 bits per heavy atom. The van der Waals surface area contributed by atoms with Gasteiger partial charge < -0.3 is 9.67 Å². The number of halogens is 1. The van der Waals surface area contributed by atoms with Crippen molar-refractivity contribution in [2.45, 2.75) is 32.0 Å². The monoisotopic (exact) mass is 559 g/mol. The molecule has 1 fully saturated rings. The Labute approximate surface area is 222 Å². The average Bonchev–Trinajstić information content (AvgIpc) is 3.13. The summed E-state index contributed by atoms with van der Waals surface area (Å²) in [6.45, 7) is 2.82. The largest absolute Gasteiger partial charge is 0.493 e. The van der Waals surface area contributed by atoms with Gasteiger partial charge in [0.25, 0.3) is 11.5 Å². The summed E-state index contributed by atoms with van der Waals surface area (Å²) in [5.41, 5.74) is 3.12. The fourth-order valence-corrected chi connectivity index (χ4v) is 6.12. The zero-order valence-corrected chi connectivity index (χ0v) is 21.7. The molecular formula is C28H26BrN5O3. The quantitative estimate of drug-likeness (QED) is 0.340. The SMILES string of the molecule is O=C(Cc1ccccc1)N=Nc1c(O)n(CN2C[C@@H]3C[C@H](C2)c2cccc(=O)n2C3)c2ccc(Br)cc12. The minimum absolute atomic E-state index is 0.0169. The molecule has 8 nitrogen and oxygen atoms in total. The third kappa shape index (κ3) is 4.65. The lowest BCUT2D eigenvalue weighted by Crippen LogP contribution is -2.47. The summed E-state index contributed by atoms with van der Waals surface area (Å²) in [6.07, 6.45) is 1.21. The van der Waals surface area contributed by atoms with E-state index in [1.807, 2.05) is 63.7 Å². The van der Waals surface area contributed by atoms with Crippen LogP contribution in [0.4, 0.5) is 5.69 Å². The summed E-state index contributed by atoms with van der Waals surface area (Å²) in [6, 6.07) is 20.7. The average molecular weight is 560 g/mol. The number of hydrogen-bond acceptors (Lipinski definition) is 5. The van der Waals surface area contributed by atoms with Crippen molar-refractivity contribution in [3.8, 4) is 5.88 Å². The molecule has 2 aromatic carbocycles. The van der Waals surface area contributed by atoms with Crippen molar-refractivity contribution in [3.63, 3.8) is 0 Å². The van der Waals surface area contributed by atoms with E-state index in [0.29, 0.717) is 12.6 Å². The van der Waals surface area contributed by atoms with E-state index in [-0.39, 0.29) is 35.4 Å². The van der Waals surface area contributed by atoms with Crippen molar-refractivity contribution in [1.82, 2.24) is 14.0 Å². The normalized spacial score (nSPS) is 19.4. The van der Waals surface area contributed by atoms with Crippen LogP contribution in [0.3, 0.4) is 0 Å². The van der Waals surface area contributed by atoms with E-state index in [1.165, 1.54) is 0 Å². The minimum Gasteiger partial charge on any atom is -0.493 e. The van der Waals surface area contributed by atoms with Gasteiger partial charge in [0.05, 0.1) is 18.6 Å². The van der Waals surface area contributed by atoms with Gasteiger partial charge in [-0.1, -0.05) is 52.3 Å². The number of likely N-dealkylation sites (tertiary alicyclic amines) is 1. The van der Waals surface area contributed by atoms with E-state index >= 15 is 0 Å². The number of fused-ring (bicyclic) bond motifs is 5. The fraction of sp³-hybridized carbons (Fsp3) is 0.286. The molecule has 1 amide bonds. The van der Waals surface area contributed by atoms with Crippen molar-refractivity contribution < 1.29 is 9.90 Å². The molecule has 0 saturated carbocycles. The van der Waals surface area contributed by atoms with Crippen molar-refractivity contribution >= 4 is 38.4 Å². The Morgan fingerprint density at radius 1 is 1.03 bits per heavy atom. The summed E-state index contributed by atoms with van der Waals surface area (Å²) < 4.78 is 4.59. The highest BCUT2D eigenvalue weighted by Gasteiger charge is 2.35. The molecule has 4 heterocycles. The number of aromatic nitrogens is 2. The highest BCUT2D eigenvalue weighted by Crippen LogP contribution is 2.41. The van der Waals surface area contributed by atoms with Gasteiger partial charge in [0.15, 0.2) is 5.69 Å². The van der Waals surface area contributed by atoms with E-state index in [2.05, 4.69) is 37.1 Å². The summed E-state index contributed by atoms with van der Waals surface area (Å²) in [4.78, 5) is 27.2. The van der Waals surface area contributed by atoms with Gasteiger partial charge in [-0.05, 0) is 42.2 Å².